The number of hydrogen-bond acceptors (Lipinski definition) is 4. The van der Waals surface area contributed by atoms with Gasteiger partial charge in [0, 0.05) is 9.50 Å². The molecule has 0 radical (unpaired) electrons. The second-order valence-electron chi connectivity index (χ2n) is 5.35. The SMILES string of the molecule is CCCOc1ccc(Br)cc1C(=O)NNC(=O)COc1ccc(Cl)cc1Cl. The van der Waals surface area contributed by atoms with Crippen molar-refractivity contribution in [3.8, 4) is 11.5 Å². The van der Waals surface area contributed by atoms with E-state index in [9.17, 15) is 9.59 Å². The van der Waals surface area contributed by atoms with E-state index in [0.717, 1.165) is 6.42 Å². The Bertz CT molecular complexity index is 833. The van der Waals surface area contributed by atoms with Crippen LogP contribution in [0.5, 0.6) is 11.5 Å². The summed E-state index contributed by atoms with van der Waals surface area (Å²) in [6.45, 7) is 2.11. The lowest BCUT2D eigenvalue weighted by atomic mass is 10.2. The molecule has 0 aliphatic heterocycles. The molecule has 2 aromatic rings. The normalized spacial score (nSPS) is 10.2. The number of ether oxygens (including phenoxy) is 2. The molecular weight excluding hydrogens is 459 g/mol. The van der Waals surface area contributed by atoms with Gasteiger partial charge in [0.25, 0.3) is 11.8 Å². The first-order chi connectivity index (χ1) is 12.9. The smallest absolute Gasteiger partial charge is 0.276 e. The van der Waals surface area contributed by atoms with Crippen LogP contribution in [0.15, 0.2) is 40.9 Å². The molecular formula is C18H17BrCl2N2O4. The fourth-order valence-electron chi connectivity index (χ4n) is 1.98. The summed E-state index contributed by atoms with van der Waals surface area (Å²) in [5, 5.41) is 0.741. The van der Waals surface area contributed by atoms with Gasteiger partial charge in [0.1, 0.15) is 11.5 Å². The van der Waals surface area contributed by atoms with Crippen LogP contribution in [0.25, 0.3) is 0 Å². The number of carbonyl (C=O) groups is 2. The number of carbonyl (C=O) groups excluding carboxylic acids is 2. The maximum Gasteiger partial charge on any atom is 0.276 e. The van der Waals surface area contributed by atoms with E-state index in [1.807, 2.05) is 6.92 Å². The molecule has 9 heteroatoms. The topological polar surface area (TPSA) is 76.7 Å². The second kappa shape index (κ2) is 10.4. The summed E-state index contributed by atoms with van der Waals surface area (Å²) in [6, 6.07) is 9.70. The lowest BCUT2D eigenvalue weighted by molar-refractivity contribution is -0.123. The molecule has 2 rings (SSSR count). The van der Waals surface area contributed by atoms with Crippen LogP contribution in [0.3, 0.4) is 0 Å². The Kier molecular flexibility index (Phi) is 8.22. The molecule has 0 aliphatic rings. The van der Waals surface area contributed by atoms with E-state index in [4.69, 9.17) is 32.7 Å². The Morgan fingerprint density at radius 1 is 1.04 bits per heavy atom. The fraction of sp³-hybridized carbons (Fsp3) is 0.222. The standard InChI is InChI=1S/C18H17BrCl2N2O4/c1-2-7-26-15-5-3-11(19)8-13(15)18(25)23-22-17(24)10-27-16-6-4-12(20)9-14(16)21/h3-6,8-9H,2,7,10H2,1H3,(H,22,24)(H,23,25). The minimum Gasteiger partial charge on any atom is -0.493 e. The molecule has 2 aromatic carbocycles. The lowest BCUT2D eigenvalue weighted by Gasteiger charge is -2.13. The summed E-state index contributed by atoms with van der Waals surface area (Å²) in [4.78, 5) is 24.2. The average Bonchev–Trinajstić information content (AvgIpc) is 2.64. The van der Waals surface area contributed by atoms with Crippen LogP contribution in [0.2, 0.25) is 10.0 Å². The molecule has 0 unspecified atom stereocenters. The van der Waals surface area contributed by atoms with Crippen LogP contribution < -0.4 is 20.3 Å². The highest BCUT2D eigenvalue weighted by Crippen LogP contribution is 2.27. The predicted octanol–water partition coefficient (Wildman–Crippen LogP) is 4.38. The number of nitrogens with one attached hydrogen (secondary N) is 2. The van der Waals surface area contributed by atoms with E-state index < -0.39 is 11.8 Å². The van der Waals surface area contributed by atoms with Crippen LogP contribution in [0.4, 0.5) is 0 Å². The van der Waals surface area contributed by atoms with Crippen molar-refractivity contribution in [2.75, 3.05) is 13.2 Å². The Balaban J connectivity index is 1.91. The molecule has 0 aromatic heterocycles. The van der Waals surface area contributed by atoms with Crippen molar-refractivity contribution >= 4 is 50.9 Å². The summed E-state index contributed by atoms with van der Waals surface area (Å²) in [7, 11) is 0. The van der Waals surface area contributed by atoms with Crippen molar-refractivity contribution < 1.29 is 19.1 Å². The number of benzene rings is 2. The molecule has 2 N–H and O–H groups in total. The van der Waals surface area contributed by atoms with Crippen molar-refractivity contribution in [3.63, 3.8) is 0 Å². The molecule has 0 bridgehead atoms. The maximum absolute atomic E-state index is 12.3. The molecule has 0 heterocycles. The first-order valence-electron chi connectivity index (χ1n) is 8.00. The largest absolute Gasteiger partial charge is 0.493 e. The van der Waals surface area contributed by atoms with Gasteiger partial charge in [0.2, 0.25) is 0 Å². The number of rotatable bonds is 7. The maximum atomic E-state index is 12.3. The van der Waals surface area contributed by atoms with Crippen molar-refractivity contribution in [2.45, 2.75) is 13.3 Å². The van der Waals surface area contributed by atoms with Gasteiger partial charge in [-0.25, -0.2) is 0 Å². The van der Waals surface area contributed by atoms with E-state index >= 15 is 0 Å². The molecule has 144 valence electrons. The van der Waals surface area contributed by atoms with Gasteiger partial charge in [-0.1, -0.05) is 46.1 Å². The molecule has 0 atom stereocenters. The molecule has 0 aliphatic carbocycles. The van der Waals surface area contributed by atoms with Gasteiger partial charge in [-0.05, 0) is 42.8 Å². The van der Waals surface area contributed by atoms with Gasteiger partial charge >= 0.3 is 0 Å². The third-order valence-corrected chi connectivity index (χ3v) is 4.24. The zero-order chi connectivity index (χ0) is 19.8. The van der Waals surface area contributed by atoms with Gasteiger partial charge in [-0.2, -0.15) is 0 Å². The molecule has 0 spiro atoms. The van der Waals surface area contributed by atoms with Crippen LogP contribution in [-0.4, -0.2) is 25.0 Å². The number of amides is 2. The minimum absolute atomic E-state index is 0.284. The van der Waals surface area contributed by atoms with E-state index in [-0.39, 0.29) is 11.6 Å². The Morgan fingerprint density at radius 2 is 1.78 bits per heavy atom. The summed E-state index contributed by atoms with van der Waals surface area (Å²) < 4.78 is 11.6. The van der Waals surface area contributed by atoms with Gasteiger partial charge in [0.15, 0.2) is 6.61 Å². The van der Waals surface area contributed by atoms with Gasteiger partial charge < -0.3 is 9.47 Å². The minimum atomic E-state index is -0.555. The highest BCUT2D eigenvalue weighted by atomic mass is 79.9. The third kappa shape index (κ3) is 6.61. The molecule has 2 amide bonds. The zero-order valence-electron chi connectivity index (χ0n) is 14.4. The molecule has 0 fully saturated rings. The fourth-order valence-corrected chi connectivity index (χ4v) is 2.81. The highest BCUT2D eigenvalue weighted by molar-refractivity contribution is 9.10. The first kappa shape index (κ1) is 21.3. The molecule has 6 nitrogen and oxygen atoms in total. The lowest BCUT2D eigenvalue weighted by Crippen LogP contribution is -2.44. The van der Waals surface area contributed by atoms with Gasteiger partial charge in [-0.15, -0.1) is 0 Å². The van der Waals surface area contributed by atoms with Gasteiger partial charge in [-0.3, -0.25) is 20.4 Å². The van der Waals surface area contributed by atoms with Crippen LogP contribution in [0.1, 0.15) is 23.7 Å². The highest BCUT2D eigenvalue weighted by Gasteiger charge is 2.14. The zero-order valence-corrected chi connectivity index (χ0v) is 17.5. The monoisotopic (exact) mass is 474 g/mol. The predicted molar refractivity (Wildman–Crippen MR) is 107 cm³/mol. The van der Waals surface area contributed by atoms with Crippen LogP contribution >= 0.6 is 39.1 Å². The molecule has 27 heavy (non-hydrogen) atoms. The first-order valence-corrected chi connectivity index (χ1v) is 9.55. The summed E-state index contributed by atoms with van der Waals surface area (Å²) in [6.07, 6.45) is 0.804. The second-order valence-corrected chi connectivity index (χ2v) is 7.11. The van der Waals surface area contributed by atoms with Crippen LogP contribution in [-0.2, 0) is 4.79 Å². The van der Waals surface area contributed by atoms with E-state index in [1.165, 1.54) is 6.07 Å². The Hall–Kier alpha value is -1.96. The van der Waals surface area contributed by atoms with Gasteiger partial charge in [0.05, 0.1) is 17.2 Å². The number of hydrazine groups is 1. The molecule has 0 saturated heterocycles. The van der Waals surface area contributed by atoms with E-state index in [2.05, 4.69) is 26.8 Å². The Morgan fingerprint density at radius 3 is 2.48 bits per heavy atom. The van der Waals surface area contributed by atoms with E-state index in [1.54, 1.807) is 30.3 Å². The quantitative estimate of drug-likeness (QED) is 0.582. The molecule has 0 saturated carbocycles. The summed E-state index contributed by atoms with van der Waals surface area (Å²) in [5.74, 6) is -0.332. The van der Waals surface area contributed by atoms with Crippen molar-refractivity contribution in [1.29, 1.82) is 0 Å². The van der Waals surface area contributed by atoms with Crippen molar-refractivity contribution in [1.82, 2.24) is 10.9 Å². The average molecular weight is 476 g/mol. The van der Waals surface area contributed by atoms with Crippen molar-refractivity contribution in [2.24, 2.45) is 0 Å². The third-order valence-electron chi connectivity index (χ3n) is 3.22. The Labute approximate surface area is 175 Å². The number of halogens is 3. The van der Waals surface area contributed by atoms with Crippen molar-refractivity contribution in [3.05, 3.63) is 56.5 Å². The van der Waals surface area contributed by atoms with E-state index in [0.29, 0.717) is 33.2 Å². The number of hydrogen-bond donors (Lipinski definition) is 2. The summed E-state index contributed by atoms with van der Waals surface area (Å²) >= 11 is 15.1. The summed E-state index contributed by atoms with van der Waals surface area (Å²) in [5.41, 5.74) is 4.90. The van der Waals surface area contributed by atoms with Crippen LogP contribution in [0, 0.1) is 0 Å².